The Balaban J connectivity index is 1.19. The first kappa shape index (κ1) is 25.1. The van der Waals surface area contributed by atoms with Crippen LogP contribution in [-0.2, 0) is 25.7 Å². The summed E-state index contributed by atoms with van der Waals surface area (Å²) in [7, 11) is 0. The van der Waals surface area contributed by atoms with Crippen LogP contribution < -0.4 is 0 Å². The van der Waals surface area contributed by atoms with Crippen molar-refractivity contribution in [3.05, 3.63) is 129 Å². The summed E-state index contributed by atoms with van der Waals surface area (Å²) < 4.78 is 1.46. The minimum Gasteiger partial charge on any atom is -0.145 e. The Bertz CT molecular complexity index is 1590. The Morgan fingerprint density at radius 1 is 0.500 bits per heavy atom. The lowest BCUT2D eigenvalue weighted by molar-refractivity contribution is 0.740. The molecule has 38 heavy (non-hydrogen) atoms. The Hall–Kier alpha value is -3.20. The molecule has 0 nitrogen and oxygen atoms in total. The molecule has 0 atom stereocenters. The Morgan fingerprint density at radius 3 is 1.87 bits per heavy atom. The average molecular weight is 531 g/mol. The lowest BCUT2D eigenvalue weighted by Crippen LogP contribution is -1.98. The van der Waals surface area contributed by atoms with Crippen molar-refractivity contribution < 1.29 is 0 Å². The second-order valence-electron chi connectivity index (χ2n) is 10.3. The smallest absolute Gasteiger partial charge is 0.0430 e. The zero-order valence-corrected chi connectivity index (χ0v) is 23.7. The Kier molecular flexibility index (Phi) is 7.71. The molecule has 0 unspecified atom stereocenters. The van der Waals surface area contributed by atoms with Crippen LogP contribution in [0, 0.1) is 6.92 Å². The maximum atomic E-state index is 2.43. The lowest BCUT2D eigenvalue weighted by Gasteiger charge is -2.24. The van der Waals surface area contributed by atoms with E-state index in [1.165, 1.54) is 83.8 Å². The maximum absolute atomic E-state index is 2.43. The molecule has 0 radical (unpaired) electrons. The zero-order valence-electron chi connectivity index (χ0n) is 22.1. The highest BCUT2D eigenvalue weighted by molar-refractivity contribution is 7.19. The van der Waals surface area contributed by atoms with Crippen LogP contribution in [0.15, 0.2) is 103 Å². The third kappa shape index (κ3) is 5.48. The largest absolute Gasteiger partial charge is 0.145 e. The minimum absolute atomic E-state index is 1.14. The van der Waals surface area contributed by atoms with Gasteiger partial charge in [-0.3, -0.25) is 0 Å². The van der Waals surface area contributed by atoms with Gasteiger partial charge in [0.2, 0.25) is 0 Å². The molecule has 1 aliphatic rings. The molecule has 0 aliphatic heterocycles. The molecular formula is C36H34S2. The van der Waals surface area contributed by atoms with Gasteiger partial charge in [0.25, 0.3) is 0 Å². The van der Waals surface area contributed by atoms with Crippen molar-refractivity contribution in [1.29, 1.82) is 0 Å². The number of unbranched alkanes of at least 4 members (excludes halogenated alkanes) is 1. The van der Waals surface area contributed by atoms with Gasteiger partial charge in [-0.15, -0.1) is 22.7 Å². The van der Waals surface area contributed by atoms with Gasteiger partial charge in [0.05, 0.1) is 0 Å². The van der Waals surface area contributed by atoms with Crippen molar-refractivity contribution in [1.82, 2.24) is 0 Å². The summed E-state index contributed by atoms with van der Waals surface area (Å²) in [6.07, 6.45) is 8.27. The van der Waals surface area contributed by atoms with E-state index < -0.39 is 0 Å². The zero-order chi connectivity index (χ0) is 25.7. The van der Waals surface area contributed by atoms with E-state index in [1.807, 2.05) is 22.7 Å². The second-order valence-corrected chi connectivity index (χ2v) is 12.8. The van der Waals surface area contributed by atoms with Gasteiger partial charge in [0.15, 0.2) is 0 Å². The number of fused-ring (bicyclic) bond motifs is 6. The number of rotatable bonds is 9. The highest BCUT2D eigenvalue weighted by Gasteiger charge is 2.26. The van der Waals surface area contributed by atoms with Crippen LogP contribution in [0.1, 0.15) is 45.0 Å². The predicted octanol–water partition coefficient (Wildman–Crippen LogP) is 10.8. The van der Waals surface area contributed by atoms with Crippen LogP contribution in [0.25, 0.3) is 32.3 Å². The molecule has 1 aliphatic carbocycles. The number of hydrogen-bond acceptors (Lipinski definition) is 2. The van der Waals surface area contributed by atoms with Gasteiger partial charge in [-0.2, -0.15) is 0 Å². The first-order chi connectivity index (χ1) is 18.8. The fraction of sp³-hybridized carbons (Fsp3) is 0.222. The molecule has 0 fully saturated rings. The van der Waals surface area contributed by atoms with Gasteiger partial charge in [-0.25, -0.2) is 0 Å². The molecule has 0 bridgehead atoms. The number of thiophene rings is 1. The predicted molar refractivity (Wildman–Crippen MR) is 168 cm³/mol. The van der Waals surface area contributed by atoms with E-state index in [2.05, 4.69) is 110 Å². The van der Waals surface area contributed by atoms with Crippen molar-refractivity contribution in [2.45, 2.75) is 51.9 Å². The van der Waals surface area contributed by atoms with E-state index >= 15 is 0 Å². The second kappa shape index (κ2) is 11.7. The fourth-order valence-corrected chi connectivity index (χ4v) is 7.99. The van der Waals surface area contributed by atoms with Gasteiger partial charge in [0.1, 0.15) is 0 Å². The Morgan fingerprint density at radius 2 is 1.11 bits per heavy atom. The summed E-state index contributed by atoms with van der Waals surface area (Å²) in [5.74, 6) is 0. The topological polar surface area (TPSA) is 0 Å². The first-order valence-corrected chi connectivity index (χ1v) is 15.5. The van der Waals surface area contributed by atoms with Crippen molar-refractivity contribution >= 4 is 32.8 Å². The first-order valence-electron chi connectivity index (χ1n) is 13.9. The van der Waals surface area contributed by atoms with Crippen molar-refractivity contribution in [2.24, 2.45) is 0 Å². The SMILES string of the molecule is Cc1sc(CCCCc2ccccc2)ccccc2c1-c1ccc3cc(CCCc4ccccc4)sc3c1-2. The number of hydrogen-bond donors (Lipinski definition) is 0. The quantitative estimate of drug-likeness (QED) is 0.163. The molecule has 3 aromatic carbocycles. The molecule has 6 rings (SSSR count). The molecule has 0 amide bonds. The van der Waals surface area contributed by atoms with Crippen LogP contribution in [0.3, 0.4) is 0 Å². The van der Waals surface area contributed by atoms with Crippen molar-refractivity contribution in [3.8, 4) is 22.3 Å². The summed E-state index contributed by atoms with van der Waals surface area (Å²) in [6, 6.07) is 38.0. The summed E-state index contributed by atoms with van der Waals surface area (Å²) in [5.41, 5.74) is 8.65. The molecule has 2 aromatic heterocycles. The van der Waals surface area contributed by atoms with E-state index in [1.54, 1.807) is 0 Å². The van der Waals surface area contributed by atoms with E-state index in [4.69, 9.17) is 0 Å². The molecular weight excluding hydrogens is 497 g/mol. The third-order valence-corrected chi connectivity index (χ3v) is 9.89. The van der Waals surface area contributed by atoms with Crippen molar-refractivity contribution in [2.75, 3.05) is 0 Å². The molecule has 0 saturated carbocycles. The Labute approximate surface area is 235 Å². The summed E-state index contributed by atoms with van der Waals surface area (Å²) in [4.78, 5) is 4.41. The van der Waals surface area contributed by atoms with Crippen LogP contribution >= 0.6 is 22.7 Å². The van der Waals surface area contributed by atoms with E-state index in [-0.39, 0.29) is 0 Å². The molecule has 2 heterocycles. The molecule has 190 valence electrons. The summed E-state index contributed by atoms with van der Waals surface area (Å²) in [5, 5.41) is 1.40. The summed E-state index contributed by atoms with van der Waals surface area (Å²) in [6.45, 7) is 2.31. The molecule has 0 saturated heterocycles. The fourth-order valence-electron chi connectivity index (χ4n) is 5.62. The third-order valence-electron chi connectivity index (χ3n) is 7.55. The molecule has 0 spiro atoms. The average Bonchev–Trinajstić information content (AvgIpc) is 3.35. The number of aryl methyl sites for hydroxylation is 5. The van der Waals surface area contributed by atoms with Crippen LogP contribution in [-0.4, -0.2) is 0 Å². The minimum atomic E-state index is 1.14. The van der Waals surface area contributed by atoms with Crippen LogP contribution in [0.4, 0.5) is 0 Å². The molecule has 0 N–H and O–H groups in total. The van der Waals surface area contributed by atoms with Gasteiger partial charge < -0.3 is 0 Å². The van der Waals surface area contributed by atoms with E-state index in [9.17, 15) is 0 Å². The van der Waals surface area contributed by atoms with E-state index in [0.29, 0.717) is 0 Å². The van der Waals surface area contributed by atoms with Gasteiger partial charge >= 0.3 is 0 Å². The lowest BCUT2D eigenvalue weighted by atomic mass is 9.81. The normalized spacial score (nSPS) is 11.5. The summed E-state index contributed by atoms with van der Waals surface area (Å²) >= 11 is 3.98. The van der Waals surface area contributed by atoms with Crippen LogP contribution in [0.5, 0.6) is 0 Å². The number of benzene rings is 3. The van der Waals surface area contributed by atoms with Gasteiger partial charge in [-0.1, -0.05) is 91.0 Å². The van der Waals surface area contributed by atoms with Crippen LogP contribution in [0.2, 0.25) is 0 Å². The standard InChI is InChI=1S/C36H34S2/c1-26-34-32(22-11-10-20-30(37-26)19-9-8-17-27-13-4-2-5-14-27)35-33(34)24-23-29-25-31(38-36(29)35)21-12-18-28-15-6-3-7-16-28/h2-7,10-11,13-16,20,22-25H,8-9,12,17-19,21H2,1H3. The highest BCUT2D eigenvalue weighted by Crippen LogP contribution is 2.53. The van der Waals surface area contributed by atoms with Gasteiger partial charge in [0, 0.05) is 30.5 Å². The van der Waals surface area contributed by atoms with E-state index in [0.717, 1.165) is 19.3 Å². The maximum Gasteiger partial charge on any atom is 0.0430 e. The van der Waals surface area contributed by atoms with Crippen molar-refractivity contribution in [3.63, 3.8) is 0 Å². The van der Waals surface area contributed by atoms with Gasteiger partial charge in [-0.05, 0) is 91.6 Å². The highest BCUT2D eigenvalue weighted by atomic mass is 32.1. The molecule has 2 heteroatoms. The molecule has 5 aromatic rings. The monoisotopic (exact) mass is 530 g/mol.